The molecule has 0 aliphatic carbocycles. The Labute approximate surface area is 159 Å². The van der Waals surface area contributed by atoms with E-state index in [0.29, 0.717) is 0 Å². The molecule has 0 N–H and O–H groups in total. The van der Waals surface area contributed by atoms with Crippen molar-refractivity contribution in [2.24, 2.45) is 0 Å². The second kappa shape index (κ2) is 12.2. The molecule has 0 saturated carbocycles. The lowest BCUT2D eigenvalue weighted by molar-refractivity contribution is -0.697. The van der Waals surface area contributed by atoms with Crippen LogP contribution in [0.15, 0.2) is 73.4 Å². The van der Waals surface area contributed by atoms with E-state index in [-0.39, 0.29) is 0 Å². The van der Waals surface area contributed by atoms with Gasteiger partial charge in [0, 0.05) is 37.1 Å². The van der Waals surface area contributed by atoms with Crippen molar-refractivity contribution in [3.8, 4) is 0 Å². The van der Waals surface area contributed by atoms with E-state index in [4.69, 9.17) is 0 Å². The van der Waals surface area contributed by atoms with E-state index in [1.807, 2.05) is 0 Å². The van der Waals surface area contributed by atoms with E-state index in [1.165, 1.54) is 49.7 Å². The normalized spacial score (nSPS) is 11.6. The maximum absolute atomic E-state index is 2.29. The summed E-state index contributed by atoms with van der Waals surface area (Å²) >= 11 is 0. The van der Waals surface area contributed by atoms with Crippen molar-refractivity contribution in [1.82, 2.24) is 0 Å². The van der Waals surface area contributed by atoms with Crippen LogP contribution >= 0.6 is 0 Å². The first kappa shape index (κ1) is 20.1. The van der Waals surface area contributed by atoms with Gasteiger partial charge in [-0.05, 0) is 50.7 Å². The van der Waals surface area contributed by atoms with E-state index in [9.17, 15) is 0 Å². The van der Waals surface area contributed by atoms with E-state index in [0.717, 1.165) is 13.1 Å². The Kier molecular flexibility index (Phi) is 9.42. The first-order valence-corrected chi connectivity index (χ1v) is 9.97. The van der Waals surface area contributed by atoms with Crippen molar-refractivity contribution in [3.63, 3.8) is 0 Å². The fourth-order valence-corrected chi connectivity index (χ4v) is 2.82. The van der Waals surface area contributed by atoms with Gasteiger partial charge in [-0.2, -0.15) is 0 Å². The third kappa shape index (κ3) is 8.75. The number of hydrogen-bond donors (Lipinski definition) is 0. The van der Waals surface area contributed by atoms with Gasteiger partial charge in [0.05, 0.1) is 0 Å². The van der Waals surface area contributed by atoms with E-state index in [1.54, 1.807) is 0 Å². The highest BCUT2D eigenvalue weighted by molar-refractivity contribution is 5.04. The second-order valence-electron chi connectivity index (χ2n) is 7.07. The molecule has 0 radical (unpaired) electrons. The minimum absolute atomic E-state index is 1.11. The lowest BCUT2D eigenvalue weighted by Gasteiger charge is -1.97. The molecule has 0 aliphatic heterocycles. The van der Waals surface area contributed by atoms with Crippen LogP contribution in [0.5, 0.6) is 0 Å². The van der Waals surface area contributed by atoms with Crippen molar-refractivity contribution in [1.29, 1.82) is 0 Å². The Hall–Kier alpha value is -2.22. The predicted molar refractivity (Wildman–Crippen MR) is 109 cm³/mol. The zero-order valence-corrected chi connectivity index (χ0v) is 16.5. The van der Waals surface area contributed by atoms with Gasteiger partial charge >= 0.3 is 0 Å². The first-order valence-electron chi connectivity index (χ1n) is 9.97. The smallest absolute Gasteiger partial charge is 0.169 e. The molecule has 0 spiro atoms. The number of aryl methyl sites for hydroxylation is 4. The molecule has 0 atom stereocenters. The molecule has 26 heavy (non-hydrogen) atoms. The van der Waals surface area contributed by atoms with Gasteiger partial charge < -0.3 is 0 Å². The minimum Gasteiger partial charge on any atom is -0.205 e. The van der Waals surface area contributed by atoms with E-state index >= 15 is 0 Å². The molecule has 0 aliphatic rings. The van der Waals surface area contributed by atoms with Crippen LogP contribution in [-0.2, 0) is 13.1 Å². The van der Waals surface area contributed by atoms with Crippen LogP contribution in [0.4, 0.5) is 0 Å². The van der Waals surface area contributed by atoms with E-state index < -0.39 is 0 Å². The molecule has 0 amide bonds. The summed E-state index contributed by atoms with van der Waals surface area (Å²) in [6.07, 6.45) is 25.0. The van der Waals surface area contributed by atoms with Gasteiger partial charge in [-0.25, -0.2) is 9.13 Å². The Morgan fingerprint density at radius 1 is 0.615 bits per heavy atom. The number of hydrogen-bond acceptors (Lipinski definition) is 0. The van der Waals surface area contributed by atoms with Gasteiger partial charge in [-0.1, -0.05) is 24.3 Å². The lowest BCUT2D eigenvalue weighted by atomic mass is 10.2. The van der Waals surface area contributed by atoms with Crippen LogP contribution in [0.2, 0.25) is 0 Å². The molecule has 2 heteroatoms. The van der Waals surface area contributed by atoms with Gasteiger partial charge in [0.2, 0.25) is 0 Å². The minimum atomic E-state index is 1.11. The molecule has 2 heterocycles. The SMILES string of the molecule is Cc1cc[n+](CCCC/C=C\C=C/CCCC[n+]2ccc(C)cc2)cc1. The fourth-order valence-electron chi connectivity index (χ4n) is 2.82. The van der Waals surface area contributed by atoms with E-state index in [2.05, 4.69) is 96.3 Å². The standard InChI is InChI=1S/C24H34N2/c1-23-13-19-25(20-14-23)17-11-9-7-5-3-4-6-8-10-12-18-26-21-15-24(2)16-22-26/h3-6,13-16,19-22H,7-12,17-18H2,1-2H3/q+2/b5-3-,6-4-. The topological polar surface area (TPSA) is 7.76 Å². The van der Waals surface area contributed by atoms with Crippen LogP contribution in [0.25, 0.3) is 0 Å². The average Bonchev–Trinajstić information content (AvgIpc) is 2.65. The summed E-state index contributed by atoms with van der Waals surface area (Å²) in [5.74, 6) is 0. The summed E-state index contributed by atoms with van der Waals surface area (Å²) in [4.78, 5) is 0. The van der Waals surface area contributed by atoms with Crippen LogP contribution < -0.4 is 9.13 Å². The summed E-state index contributed by atoms with van der Waals surface area (Å²) in [5.41, 5.74) is 2.65. The molecule has 138 valence electrons. The highest BCUT2D eigenvalue weighted by atomic mass is 14.9. The lowest BCUT2D eigenvalue weighted by Crippen LogP contribution is -2.32. The maximum atomic E-state index is 2.29. The number of nitrogens with zero attached hydrogens (tertiary/aromatic N) is 2. The Balaban J connectivity index is 1.45. The molecule has 0 saturated heterocycles. The Morgan fingerprint density at radius 3 is 1.38 bits per heavy atom. The molecular formula is C24H34N2+2. The van der Waals surface area contributed by atoms with Gasteiger partial charge in [0.15, 0.2) is 24.8 Å². The molecule has 0 fully saturated rings. The maximum Gasteiger partial charge on any atom is 0.169 e. The quantitative estimate of drug-likeness (QED) is 0.305. The number of allylic oxidation sites excluding steroid dienone is 4. The highest BCUT2D eigenvalue weighted by Gasteiger charge is 1.98. The number of aromatic nitrogens is 2. The summed E-state index contributed by atoms with van der Waals surface area (Å²) in [6.45, 7) is 6.49. The molecule has 0 aromatic carbocycles. The largest absolute Gasteiger partial charge is 0.205 e. The number of unbranched alkanes of at least 4 members (excludes halogenated alkanes) is 4. The Bertz CT molecular complexity index is 605. The van der Waals surface area contributed by atoms with Gasteiger partial charge in [-0.3, -0.25) is 0 Å². The van der Waals surface area contributed by atoms with Crippen molar-refractivity contribution in [2.45, 2.75) is 65.5 Å². The zero-order chi connectivity index (χ0) is 18.5. The zero-order valence-electron chi connectivity index (χ0n) is 16.5. The third-order valence-corrected chi connectivity index (χ3v) is 4.57. The second-order valence-corrected chi connectivity index (χ2v) is 7.07. The molecule has 2 nitrogen and oxygen atoms in total. The van der Waals surface area contributed by atoms with Crippen LogP contribution in [0.1, 0.15) is 49.7 Å². The molecule has 0 bridgehead atoms. The molecule has 2 aromatic heterocycles. The number of rotatable bonds is 11. The predicted octanol–water partition coefficient (Wildman–Crippen LogP) is 5.03. The fraction of sp³-hybridized carbons (Fsp3) is 0.417. The van der Waals surface area contributed by atoms with Crippen molar-refractivity contribution in [3.05, 3.63) is 84.5 Å². The van der Waals surface area contributed by atoms with Crippen molar-refractivity contribution >= 4 is 0 Å². The van der Waals surface area contributed by atoms with Crippen LogP contribution in [0.3, 0.4) is 0 Å². The number of pyridine rings is 2. The monoisotopic (exact) mass is 350 g/mol. The molecule has 0 unspecified atom stereocenters. The molecule has 2 rings (SSSR count). The van der Waals surface area contributed by atoms with Gasteiger partial charge in [0.1, 0.15) is 13.1 Å². The average molecular weight is 351 g/mol. The summed E-state index contributed by atoms with van der Waals surface area (Å²) in [7, 11) is 0. The molecule has 2 aromatic rings. The third-order valence-electron chi connectivity index (χ3n) is 4.57. The van der Waals surface area contributed by atoms with Crippen molar-refractivity contribution in [2.75, 3.05) is 0 Å². The van der Waals surface area contributed by atoms with Gasteiger partial charge in [0.25, 0.3) is 0 Å². The summed E-state index contributed by atoms with van der Waals surface area (Å²) in [5, 5.41) is 0. The summed E-state index contributed by atoms with van der Waals surface area (Å²) in [6, 6.07) is 8.68. The van der Waals surface area contributed by atoms with Crippen molar-refractivity contribution < 1.29 is 9.13 Å². The van der Waals surface area contributed by atoms with Gasteiger partial charge in [-0.15, -0.1) is 0 Å². The Morgan fingerprint density at radius 2 is 1.00 bits per heavy atom. The highest BCUT2D eigenvalue weighted by Crippen LogP contribution is 2.00. The van der Waals surface area contributed by atoms with Crippen LogP contribution in [-0.4, -0.2) is 0 Å². The summed E-state index contributed by atoms with van der Waals surface area (Å²) < 4.78 is 4.54. The van der Waals surface area contributed by atoms with Crippen LogP contribution in [0, 0.1) is 13.8 Å². The molecular weight excluding hydrogens is 316 g/mol. The first-order chi connectivity index (χ1) is 12.7.